The van der Waals surface area contributed by atoms with Gasteiger partial charge in [0.15, 0.2) is 0 Å². The lowest BCUT2D eigenvalue weighted by Crippen LogP contribution is -2.08. The van der Waals surface area contributed by atoms with Crippen molar-refractivity contribution in [3.63, 3.8) is 0 Å². The Bertz CT molecular complexity index is 298. The lowest BCUT2D eigenvalue weighted by molar-refractivity contribution is 0.550. The molecule has 0 fully saturated rings. The summed E-state index contributed by atoms with van der Waals surface area (Å²) >= 11 is 2.47. The van der Waals surface area contributed by atoms with Crippen LogP contribution in [0.5, 0.6) is 0 Å². The van der Waals surface area contributed by atoms with Crippen LogP contribution in [0.25, 0.3) is 6.08 Å². The van der Waals surface area contributed by atoms with Crippen molar-refractivity contribution in [3.05, 3.63) is 29.2 Å². The minimum atomic E-state index is 0.651. The van der Waals surface area contributed by atoms with E-state index in [0.717, 1.165) is 12.2 Å². The van der Waals surface area contributed by atoms with E-state index in [1.165, 1.54) is 11.1 Å². The van der Waals surface area contributed by atoms with E-state index >= 15 is 0 Å². The second-order valence-electron chi connectivity index (χ2n) is 2.87. The highest BCUT2D eigenvalue weighted by atomic mass is 127. The molecule has 0 aromatic carbocycles. The van der Waals surface area contributed by atoms with Crippen LogP contribution in [0.3, 0.4) is 0 Å². The molecule has 0 saturated heterocycles. The lowest BCUT2D eigenvalue weighted by Gasteiger charge is -2.14. The smallest absolute Gasteiger partial charge is 0.129 e. The van der Waals surface area contributed by atoms with Gasteiger partial charge < -0.3 is 4.42 Å². The van der Waals surface area contributed by atoms with E-state index < -0.39 is 0 Å². The minimum absolute atomic E-state index is 0.651. The van der Waals surface area contributed by atoms with Crippen molar-refractivity contribution in [2.24, 2.45) is 0 Å². The molecule has 58 valence electrons. The highest BCUT2D eigenvalue weighted by molar-refractivity contribution is 14.1. The molecule has 0 radical (unpaired) electrons. The number of halogens is 1. The third-order valence-corrected chi connectivity index (χ3v) is 3.46. The zero-order chi connectivity index (χ0) is 7.84. The van der Waals surface area contributed by atoms with Gasteiger partial charge in [-0.15, -0.1) is 0 Å². The molecule has 1 aromatic heterocycles. The van der Waals surface area contributed by atoms with E-state index in [4.69, 9.17) is 4.42 Å². The number of allylic oxidation sites excluding steroid dienone is 1. The van der Waals surface area contributed by atoms with Crippen molar-refractivity contribution in [2.45, 2.75) is 17.3 Å². The van der Waals surface area contributed by atoms with Crippen LogP contribution in [-0.2, 0) is 6.42 Å². The van der Waals surface area contributed by atoms with Crippen molar-refractivity contribution in [3.8, 4) is 0 Å². The molecule has 0 spiro atoms. The van der Waals surface area contributed by atoms with Gasteiger partial charge in [-0.25, -0.2) is 0 Å². The van der Waals surface area contributed by atoms with Crippen LogP contribution in [0.15, 0.2) is 22.3 Å². The molecule has 1 heterocycles. The summed E-state index contributed by atoms with van der Waals surface area (Å²) in [4.78, 5) is 0. The fourth-order valence-corrected chi connectivity index (χ4v) is 1.95. The zero-order valence-corrected chi connectivity index (χ0v) is 8.46. The summed E-state index contributed by atoms with van der Waals surface area (Å²) in [5.74, 6) is 1.05. The Morgan fingerprint density at radius 2 is 2.45 bits per heavy atom. The largest absolute Gasteiger partial charge is 0.465 e. The first-order valence-corrected chi connectivity index (χ1v) is 4.90. The molecule has 1 nitrogen and oxygen atoms in total. The molecule has 0 amide bonds. The van der Waals surface area contributed by atoms with Crippen molar-refractivity contribution in [1.82, 2.24) is 0 Å². The molecule has 0 aliphatic heterocycles. The highest BCUT2D eigenvalue weighted by Crippen LogP contribution is 2.28. The summed E-state index contributed by atoms with van der Waals surface area (Å²) in [6.07, 6.45) is 5.02. The molecular weight excluding hydrogens is 251 g/mol. The van der Waals surface area contributed by atoms with E-state index in [1.54, 1.807) is 6.26 Å². The standard InChI is InChI=1S/C9H9IO/c1-6-4-9-7(2-3-11-9)5-8(6)10/h2-4,8H,5H2,1H3/t8-/m0/s1. The molecule has 0 bridgehead atoms. The minimum Gasteiger partial charge on any atom is -0.465 e. The number of furan rings is 1. The van der Waals surface area contributed by atoms with Gasteiger partial charge in [0.2, 0.25) is 0 Å². The van der Waals surface area contributed by atoms with Gasteiger partial charge in [0, 0.05) is 3.92 Å². The Morgan fingerprint density at radius 1 is 1.64 bits per heavy atom. The third-order valence-electron chi connectivity index (χ3n) is 2.03. The Morgan fingerprint density at radius 3 is 3.27 bits per heavy atom. The van der Waals surface area contributed by atoms with Crippen molar-refractivity contribution < 1.29 is 4.42 Å². The Labute approximate surface area is 79.6 Å². The van der Waals surface area contributed by atoms with Gasteiger partial charge in [0.25, 0.3) is 0 Å². The molecule has 2 heteroatoms. The summed E-state index contributed by atoms with van der Waals surface area (Å²) in [5, 5.41) is 0. The number of rotatable bonds is 0. The normalized spacial score (nSPS) is 22.7. The van der Waals surface area contributed by atoms with Crippen molar-refractivity contribution in [1.29, 1.82) is 0 Å². The van der Waals surface area contributed by atoms with Gasteiger partial charge in [-0.2, -0.15) is 0 Å². The molecule has 1 atom stereocenters. The molecule has 11 heavy (non-hydrogen) atoms. The summed E-state index contributed by atoms with van der Waals surface area (Å²) < 4.78 is 5.95. The maximum atomic E-state index is 5.29. The molecular formula is C9H9IO. The topological polar surface area (TPSA) is 13.1 Å². The molecule has 2 rings (SSSR count). The van der Waals surface area contributed by atoms with E-state index in [2.05, 4.69) is 41.7 Å². The van der Waals surface area contributed by atoms with Crippen LogP contribution < -0.4 is 0 Å². The first-order chi connectivity index (χ1) is 5.27. The summed E-state index contributed by atoms with van der Waals surface area (Å²) in [6.45, 7) is 2.16. The van der Waals surface area contributed by atoms with Gasteiger partial charge in [-0.05, 0) is 31.1 Å². The predicted molar refractivity (Wildman–Crippen MR) is 53.9 cm³/mol. The van der Waals surface area contributed by atoms with Gasteiger partial charge in [-0.3, -0.25) is 0 Å². The Kier molecular flexibility index (Phi) is 1.79. The summed E-state index contributed by atoms with van der Waals surface area (Å²) in [5.41, 5.74) is 2.75. The number of hydrogen-bond acceptors (Lipinski definition) is 1. The van der Waals surface area contributed by atoms with Gasteiger partial charge in [0.05, 0.1) is 6.26 Å². The fraction of sp³-hybridized carbons (Fsp3) is 0.333. The number of alkyl halides is 1. The summed E-state index contributed by atoms with van der Waals surface area (Å²) in [7, 11) is 0. The van der Waals surface area contributed by atoms with Gasteiger partial charge in [-0.1, -0.05) is 28.2 Å². The quantitative estimate of drug-likeness (QED) is 0.516. The second kappa shape index (κ2) is 2.66. The van der Waals surface area contributed by atoms with Gasteiger partial charge in [0.1, 0.15) is 5.76 Å². The maximum absolute atomic E-state index is 5.29. The SMILES string of the molecule is CC1=Cc2occc2C[C@@H]1I. The third kappa shape index (κ3) is 1.24. The Hall–Kier alpha value is -0.250. The first-order valence-electron chi connectivity index (χ1n) is 3.66. The van der Waals surface area contributed by atoms with Crippen LogP contribution >= 0.6 is 22.6 Å². The number of hydrogen-bond donors (Lipinski definition) is 0. The lowest BCUT2D eigenvalue weighted by atomic mass is 9.99. The monoisotopic (exact) mass is 260 g/mol. The molecule has 1 aromatic rings. The van der Waals surface area contributed by atoms with E-state index in [-0.39, 0.29) is 0 Å². The average Bonchev–Trinajstić information content (AvgIpc) is 2.36. The predicted octanol–water partition coefficient (Wildman–Crippen LogP) is 3.04. The van der Waals surface area contributed by atoms with Crippen LogP contribution in [0.2, 0.25) is 0 Å². The fourth-order valence-electron chi connectivity index (χ4n) is 1.29. The highest BCUT2D eigenvalue weighted by Gasteiger charge is 2.17. The van der Waals surface area contributed by atoms with Crippen molar-refractivity contribution >= 4 is 28.7 Å². The van der Waals surface area contributed by atoms with E-state index in [1.807, 2.05) is 0 Å². The molecule has 0 unspecified atom stereocenters. The molecule has 1 aliphatic carbocycles. The van der Waals surface area contributed by atoms with Crippen molar-refractivity contribution in [2.75, 3.05) is 0 Å². The van der Waals surface area contributed by atoms with Crippen LogP contribution in [-0.4, -0.2) is 3.92 Å². The summed E-state index contributed by atoms with van der Waals surface area (Å²) in [6, 6.07) is 2.06. The number of fused-ring (bicyclic) bond motifs is 1. The second-order valence-corrected chi connectivity index (χ2v) is 4.37. The molecule has 1 aliphatic rings. The zero-order valence-electron chi connectivity index (χ0n) is 6.30. The maximum Gasteiger partial charge on any atom is 0.129 e. The van der Waals surface area contributed by atoms with Crippen LogP contribution in [0, 0.1) is 0 Å². The molecule has 0 N–H and O–H groups in total. The van der Waals surface area contributed by atoms with E-state index in [9.17, 15) is 0 Å². The first kappa shape index (κ1) is 7.40. The Balaban J connectivity index is 2.47. The van der Waals surface area contributed by atoms with E-state index in [0.29, 0.717) is 3.92 Å². The van der Waals surface area contributed by atoms with Crippen LogP contribution in [0.4, 0.5) is 0 Å². The van der Waals surface area contributed by atoms with Gasteiger partial charge >= 0.3 is 0 Å². The van der Waals surface area contributed by atoms with Crippen LogP contribution in [0.1, 0.15) is 18.2 Å². The molecule has 0 saturated carbocycles. The average molecular weight is 260 g/mol.